The van der Waals surface area contributed by atoms with Gasteiger partial charge in [-0.1, -0.05) is 18.2 Å². The van der Waals surface area contributed by atoms with Crippen LogP contribution >= 0.6 is 0 Å². The van der Waals surface area contributed by atoms with Gasteiger partial charge in [-0.15, -0.1) is 0 Å². The first-order chi connectivity index (χ1) is 9.41. The summed E-state index contributed by atoms with van der Waals surface area (Å²) in [6.07, 6.45) is 0. The molecule has 0 unspecified atom stereocenters. The molecule has 0 bridgehead atoms. The van der Waals surface area contributed by atoms with Gasteiger partial charge in [-0.25, -0.2) is 0 Å². The lowest BCUT2D eigenvalue weighted by Crippen LogP contribution is -2.32. The number of aromatic nitrogens is 1. The maximum absolute atomic E-state index is 12.3. The fourth-order valence-electron chi connectivity index (χ4n) is 2.32. The molecule has 1 heterocycles. The average Bonchev–Trinajstić information content (AvgIpc) is 2.70. The van der Waals surface area contributed by atoms with E-state index in [4.69, 9.17) is 5.41 Å². The molecule has 1 amide bonds. The second kappa shape index (κ2) is 5.33. The predicted molar refractivity (Wildman–Crippen MR) is 81.0 cm³/mol. The van der Waals surface area contributed by atoms with Crippen molar-refractivity contribution in [2.75, 3.05) is 5.43 Å². The Balaban J connectivity index is 2.28. The molecular formula is C16H19N3O. The molecule has 2 rings (SSSR count). The van der Waals surface area contributed by atoms with Crippen LogP contribution < -0.4 is 5.43 Å². The third-order valence-corrected chi connectivity index (χ3v) is 3.44. The molecule has 0 saturated heterocycles. The highest BCUT2D eigenvalue weighted by molar-refractivity contribution is 6.47. The molecule has 0 aliphatic rings. The summed E-state index contributed by atoms with van der Waals surface area (Å²) < 4.78 is 1.70. The maximum atomic E-state index is 12.3. The SMILES string of the molecule is Cc1cccc(C)c1C(=N)C(=O)Nn1c(C)ccc1C. The molecule has 0 saturated carbocycles. The summed E-state index contributed by atoms with van der Waals surface area (Å²) in [5.41, 5.74) is 7.20. The summed E-state index contributed by atoms with van der Waals surface area (Å²) in [4.78, 5) is 12.3. The van der Waals surface area contributed by atoms with Gasteiger partial charge in [-0.3, -0.25) is 20.3 Å². The van der Waals surface area contributed by atoms with Crippen molar-refractivity contribution >= 4 is 11.6 Å². The van der Waals surface area contributed by atoms with Crippen LogP contribution in [-0.4, -0.2) is 16.3 Å². The normalized spacial score (nSPS) is 10.4. The largest absolute Gasteiger partial charge is 0.295 e. The van der Waals surface area contributed by atoms with E-state index >= 15 is 0 Å². The van der Waals surface area contributed by atoms with Crippen LogP contribution in [0.1, 0.15) is 28.1 Å². The standard InChI is InChI=1S/C16H19N3O/c1-10-6-5-7-11(2)14(10)15(17)16(20)18-19-12(3)8-9-13(19)4/h5-9,17H,1-4H3,(H,18,20). The summed E-state index contributed by atoms with van der Waals surface area (Å²) in [5.74, 6) is -0.398. The van der Waals surface area contributed by atoms with Gasteiger partial charge < -0.3 is 0 Å². The van der Waals surface area contributed by atoms with Gasteiger partial charge in [0.25, 0.3) is 5.91 Å². The number of hydrogen-bond donors (Lipinski definition) is 2. The molecule has 0 radical (unpaired) electrons. The summed E-state index contributed by atoms with van der Waals surface area (Å²) >= 11 is 0. The molecule has 0 fully saturated rings. The van der Waals surface area contributed by atoms with E-state index in [9.17, 15) is 4.79 Å². The van der Waals surface area contributed by atoms with Crippen molar-refractivity contribution < 1.29 is 4.79 Å². The molecular weight excluding hydrogens is 250 g/mol. The Bertz CT molecular complexity index is 643. The van der Waals surface area contributed by atoms with Crippen LogP contribution in [0, 0.1) is 33.1 Å². The van der Waals surface area contributed by atoms with Crippen molar-refractivity contribution in [3.8, 4) is 0 Å². The first-order valence-corrected chi connectivity index (χ1v) is 6.53. The van der Waals surface area contributed by atoms with E-state index in [1.54, 1.807) is 4.68 Å². The number of nitrogens with zero attached hydrogens (tertiary/aromatic N) is 1. The van der Waals surface area contributed by atoms with Crippen LogP contribution in [0.3, 0.4) is 0 Å². The lowest BCUT2D eigenvalue weighted by molar-refractivity contribution is -0.111. The number of hydrogen-bond acceptors (Lipinski definition) is 2. The zero-order chi connectivity index (χ0) is 14.9. The van der Waals surface area contributed by atoms with Crippen LogP contribution in [0.2, 0.25) is 0 Å². The number of rotatable bonds is 3. The molecule has 0 aliphatic carbocycles. The lowest BCUT2D eigenvalue weighted by Gasteiger charge is -2.14. The third-order valence-electron chi connectivity index (χ3n) is 3.44. The Morgan fingerprint density at radius 2 is 1.50 bits per heavy atom. The summed E-state index contributed by atoms with van der Waals surface area (Å²) in [6.45, 7) is 7.65. The van der Waals surface area contributed by atoms with E-state index in [0.717, 1.165) is 22.5 Å². The number of carbonyl (C=O) groups is 1. The quantitative estimate of drug-likeness (QED) is 0.827. The highest BCUT2D eigenvalue weighted by Gasteiger charge is 2.17. The number of nitrogens with one attached hydrogen (secondary N) is 2. The minimum atomic E-state index is -0.398. The molecule has 1 aromatic carbocycles. The summed E-state index contributed by atoms with van der Waals surface area (Å²) in [5, 5.41) is 8.14. The maximum Gasteiger partial charge on any atom is 0.288 e. The molecule has 2 aromatic rings. The number of amides is 1. The summed E-state index contributed by atoms with van der Waals surface area (Å²) in [6, 6.07) is 9.61. The zero-order valence-corrected chi connectivity index (χ0v) is 12.2. The second-order valence-corrected chi connectivity index (χ2v) is 5.03. The van der Waals surface area contributed by atoms with Gasteiger partial charge in [-0.05, 0) is 51.0 Å². The van der Waals surface area contributed by atoms with E-state index in [1.165, 1.54) is 0 Å². The first-order valence-electron chi connectivity index (χ1n) is 6.53. The van der Waals surface area contributed by atoms with Gasteiger partial charge in [0.1, 0.15) is 5.71 Å². The predicted octanol–water partition coefficient (Wildman–Crippen LogP) is 2.86. The molecule has 20 heavy (non-hydrogen) atoms. The average molecular weight is 269 g/mol. The second-order valence-electron chi connectivity index (χ2n) is 5.03. The van der Waals surface area contributed by atoms with E-state index in [0.29, 0.717) is 5.56 Å². The van der Waals surface area contributed by atoms with E-state index in [1.807, 2.05) is 58.0 Å². The number of carbonyl (C=O) groups excluding carboxylic acids is 1. The van der Waals surface area contributed by atoms with E-state index in [-0.39, 0.29) is 5.71 Å². The molecule has 0 atom stereocenters. The Hall–Kier alpha value is -2.36. The van der Waals surface area contributed by atoms with Gasteiger partial charge in [0, 0.05) is 17.0 Å². The Labute approximate surface area is 118 Å². The van der Waals surface area contributed by atoms with E-state index < -0.39 is 5.91 Å². The highest BCUT2D eigenvalue weighted by atomic mass is 16.2. The highest BCUT2D eigenvalue weighted by Crippen LogP contribution is 2.14. The third kappa shape index (κ3) is 2.50. The number of benzene rings is 1. The van der Waals surface area contributed by atoms with Crippen molar-refractivity contribution in [1.29, 1.82) is 5.41 Å². The van der Waals surface area contributed by atoms with Crippen LogP contribution in [0.4, 0.5) is 0 Å². The molecule has 1 aromatic heterocycles. The minimum Gasteiger partial charge on any atom is -0.295 e. The van der Waals surface area contributed by atoms with Crippen molar-refractivity contribution in [2.24, 2.45) is 0 Å². The van der Waals surface area contributed by atoms with Crippen molar-refractivity contribution in [1.82, 2.24) is 4.68 Å². The van der Waals surface area contributed by atoms with Gasteiger partial charge >= 0.3 is 0 Å². The Morgan fingerprint density at radius 3 is 2.00 bits per heavy atom. The molecule has 4 heteroatoms. The molecule has 0 spiro atoms. The van der Waals surface area contributed by atoms with Crippen molar-refractivity contribution in [2.45, 2.75) is 27.7 Å². The molecule has 0 aliphatic heterocycles. The lowest BCUT2D eigenvalue weighted by atomic mass is 9.98. The van der Waals surface area contributed by atoms with Crippen LogP contribution in [0.25, 0.3) is 0 Å². The Kier molecular flexibility index (Phi) is 3.74. The molecule has 4 nitrogen and oxygen atoms in total. The smallest absolute Gasteiger partial charge is 0.288 e. The van der Waals surface area contributed by atoms with Crippen LogP contribution in [-0.2, 0) is 4.79 Å². The fraction of sp³-hybridized carbons (Fsp3) is 0.250. The van der Waals surface area contributed by atoms with Crippen LogP contribution in [0.15, 0.2) is 30.3 Å². The van der Waals surface area contributed by atoms with Crippen LogP contribution in [0.5, 0.6) is 0 Å². The molecule has 104 valence electrons. The Morgan fingerprint density at radius 1 is 1.00 bits per heavy atom. The van der Waals surface area contributed by atoms with Crippen molar-refractivity contribution in [3.63, 3.8) is 0 Å². The summed E-state index contributed by atoms with van der Waals surface area (Å²) in [7, 11) is 0. The first kappa shape index (κ1) is 14.1. The van der Waals surface area contributed by atoms with E-state index in [2.05, 4.69) is 5.43 Å². The monoisotopic (exact) mass is 269 g/mol. The van der Waals surface area contributed by atoms with Gasteiger partial charge in [0.15, 0.2) is 0 Å². The topological polar surface area (TPSA) is 57.9 Å². The van der Waals surface area contributed by atoms with Gasteiger partial charge in [-0.2, -0.15) is 0 Å². The van der Waals surface area contributed by atoms with Gasteiger partial charge in [0.2, 0.25) is 0 Å². The molecule has 2 N–H and O–H groups in total. The number of aryl methyl sites for hydroxylation is 4. The zero-order valence-electron chi connectivity index (χ0n) is 12.2. The fourth-order valence-corrected chi connectivity index (χ4v) is 2.32. The minimum absolute atomic E-state index is 0.00639. The van der Waals surface area contributed by atoms with Gasteiger partial charge in [0.05, 0.1) is 0 Å². The van der Waals surface area contributed by atoms with Crippen molar-refractivity contribution in [3.05, 3.63) is 58.4 Å².